The highest BCUT2D eigenvalue weighted by molar-refractivity contribution is 6.31. The van der Waals surface area contributed by atoms with E-state index < -0.39 is 0 Å². The van der Waals surface area contributed by atoms with Crippen LogP contribution in [-0.2, 0) is 6.54 Å². The number of nitriles is 1. The number of nitrogens with two attached hydrogens (primary N) is 1. The van der Waals surface area contributed by atoms with E-state index in [0.29, 0.717) is 23.2 Å². The second-order valence-electron chi connectivity index (χ2n) is 5.04. The second-order valence-corrected chi connectivity index (χ2v) is 5.45. The number of rotatable bonds is 3. The number of halogens is 1. The van der Waals surface area contributed by atoms with Gasteiger partial charge in [-0.3, -0.25) is 4.90 Å². The van der Waals surface area contributed by atoms with Gasteiger partial charge >= 0.3 is 0 Å². The monoisotopic (exact) mass is 278 g/mol. The Morgan fingerprint density at radius 3 is 2.89 bits per heavy atom. The molecule has 4 nitrogen and oxygen atoms in total. The van der Waals surface area contributed by atoms with Crippen LogP contribution in [-0.4, -0.2) is 49.1 Å². The fourth-order valence-corrected chi connectivity index (χ4v) is 2.68. The maximum absolute atomic E-state index is 8.84. The van der Waals surface area contributed by atoms with Gasteiger partial charge in [-0.15, -0.1) is 0 Å². The van der Waals surface area contributed by atoms with Gasteiger partial charge in [-0.05, 0) is 24.7 Å². The summed E-state index contributed by atoms with van der Waals surface area (Å²) in [7, 11) is 2.12. The van der Waals surface area contributed by atoms with E-state index in [4.69, 9.17) is 22.6 Å². The largest absolute Gasteiger partial charge is 0.329 e. The highest BCUT2D eigenvalue weighted by Gasteiger charge is 2.24. The van der Waals surface area contributed by atoms with Gasteiger partial charge in [0.25, 0.3) is 0 Å². The molecule has 102 valence electrons. The molecule has 1 aliphatic heterocycles. The van der Waals surface area contributed by atoms with Gasteiger partial charge in [0.1, 0.15) is 0 Å². The summed E-state index contributed by atoms with van der Waals surface area (Å²) >= 11 is 6.23. The van der Waals surface area contributed by atoms with Crippen molar-refractivity contribution < 1.29 is 0 Å². The molecule has 2 N–H and O–H groups in total. The summed E-state index contributed by atoms with van der Waals surface area (Å²) in [5.41, 5.74) is 7.51. The fourth-order valence-electron chi connectivity index (χ4n) is 2.44. The third kappa shape index (κ3) is 3.46. The van der Waals surface area contributed by atoms with Crippen LogP contribution in [0, 0.1) is 11.3 Å². The molecule has 1 heterocycles. The third-order valence-corrected chi connectivity index (χ3v) is 3.99. The van der Waals surface area contributed by atoms with E-state index in [2.05, 4.69) is 22.9 Å². The quantitative estimate of drug-likeness (QED) is 0.905. The first-order valence-electron chi connectivity index (χ1n) is 6.45. The maximum Gasteiger partial charge on any atom is 0.0992 e. The molecule has 0 saturated carbocycles. The lowest BCUT2D eigenvalue weighted by molar-refractivity contribution is 0.0881. The zero-order valence-electron chi connectivity index (χ0n) is 11.1. The van der Waals surface area contributed by atoms with Crippen LogP contribution in [0.1, 0.15) is 11.1 Å². The van der Waals surface area contributed by atoms with Crippen LogP contribution in [0.2, 0.25) is 5.02 Å². The Morgan fingerprint density at radius 2 is 2.26 bits per heavy atom. The number of hydrogen-bond donors (Lipinski definition) is 1. The van der Waals surface area contributed by atoms with E-state index in [1.807, 2.05) is 12.1 Å². The standard InChI is InChI=1S/C14H19ClN4/c1-18-4-5-19(13(8-17)10-18)9-12-3-2-11(7-16)6-14(12)15/h2-3,6,13H,4-5,8-10,17H2,1H3. The molecule has 0 bridgehead atoms. The Kier molecular flexibility index (Phi) is 4.78. The van der Waals surface area contributed by atoms with Gasteiger partial charge in [-0.2, -0.15) is 5.26 Å². The van der Waals surface area contributed by atoms with Crippen LogP contribution in [0.15, 0.2) is 18.2 Å². The van der Waals surface area contributed by atoms with Crippen molar-refractivity contribution in [2.24, 2.45) is 5.73 Å². The number of piperazine rings is 1. The minimum atomic E-state index is 0.366. The SMILES string of the molecule is CN1CCN(Cc2ccc(C#N)cc2Cl)C(CN)C1. The van der Waals surface area contributed by atoms with Crippen molar-refractivity contribution in [3.63, 3.8) is 0 Å². The summed E-state index contributed by atoms with van der Waals surface area (Å²) < 4.78 is 0. The van der Waals surface area contributed by atoms with Gasteiger partial charge in [-0.1, -0.05) is 17.7 Å². The summed E-state index contributed by atoms with van der Waals surface area (Å²) in [6.45, 7) is 4.47. The predicted octanol–water partition coefficient (Wildman–Crippen LogP) is 1.29. The first-order valence-corrected chi connectivity index (χ1v) is 6.83. The molecule has 1 aromatic carbocycles. The van der Waals surface area contributed by atoms with Crippen molar-refractivity contribution in [1.29, 1.82) is 5.26 Å². The van der Waals surface area contributed by atoms with E-state index >= 15 is 0 Å². The molecule has 1 aromatic rings. The first-order chi connectivity index (χ1) is 9.13. The highest BCUT2D eigenvalue weighted by atomic mass is 35.5. The van der Waals surface area contributed by atoms with Crippen molar-refractivity contribution in [2.45, 2.75) is 12.6 Å². The summed E-state index contributed by atoms with van der Waals surface area (Å²) in [4.78, 5) is 4.67. The highest BCUT2D eigenvalue weighted by Crippen LogP contribution is 2.21. The molecular weight excluding hydrogens is 260 g/mol. The van der Waals surface area contributed by atoms with Crippen LogP contribution < -0.4 is 5.73 Å². The Hall–Kier alpha value is -1.12. The third-order valence-electron chi connectivity index (χ3n) is 3.64. The van der Waals surface area contributed by atoms with Crippen molar-refractivity contribution >= 4 is 11.6 Å². The maximum atomic E-state index is 8.84. The summed E-state index contributed by atoms with van der Waals surface area (Å²) in [6, 6.07) is 7.94. The lowest BCUT2D eigenvalue weighted by Gasteiger charge is -2.39. The van der Waals surface area contributed by atoms with Gasteiger partial charge in [0, 0.05) is 43.8 Å². The zero-order valence-corrected chi connectivity index (χ0v) is 11.9. The lowest BCUT2D eigenvalue weighted by Crippen LogP contribution is -2.54. The average molecular weight is 279 g/mol. The molecule has 1 unspecified atom stereocenters. The molecule has 0 aliphatic carbocycles. The molecule has 1 fully saturated rings. The van der Waals surface area contributed by atoms with Crippen LogP contribution in [0.25, 0.3) is 0 Å². The topological polar surface area (TPSA) is 56.3 Å². The molecule has 0 amide bonds. The van der Waals surface area contributed by atoms with E-state index in [-0.39, 0.29) is 0 Å². The molecule has 2 rings (SSSR count). The van der Waals surface area contributed by atoms with E-state index in [0.717, 1.165) is 31.7 Å². The molecule has 5 heteroatoms. The fraction of sp³-hybridized carbons (Fsp3) is 0.500. The Bertz CT molecular complexity index is 483. The van der Waals surface area contributed by atoms with Crippen molar-refractivity contribution in [3.8, 4) is 6.07 Å². The minimum Gasteiger partial charge on any atom is -0.329 e. The van der Waals surface area contributed by atoms with Gasteiger partial charge in [0.15, 0.2) is 0 Å². The minimum absolute atomic E-state index is 0.366. The van der Waals surface area contributed by atoms with Crippen molar-refractivity contribution in [2.75, 3.05) is 33.2 Å². The van der Waals surface area contributed by atoms with E-state index in [1.54, 1.807) is 6.07 Å². The Labute approximate surface area is 119 Å². The van der Waals surface area contributed by atoms with Gasteiger partial charge in [0.05, 0.1) is 11.6 Å². The van der Waals surface area contributed by atoms with E-state index in [1.165, 1.54) is 0 Å². The van der Waals surface area contributed by atoms with E-state index in [9.17, 15) is 0 Å². The average Bonchev–Trinajstić information content (AvgIpc) is 2.42. The molecule has 1 aliphatic rings. The smallest absolute Gasteiger partial charge is 0.0992 e. The second kappa shape index (κ2) is 6.36. The summed E-state index contributed by atoms with van der Waals surface area (Å²) in [5, 5.41) is 9.50. The van der Waals surface area contributed by atoms with Crippen LogP contribution in [0.4, 0.5) is 0 Å². The molecular formula is C14H19ClN4. The van der Waals surface area contributed by atoms with Gasteiger partial charge in [0.2, 0.25) is 0 Å². The normalized spacial score (nSPS) is 21.3. The Balaban J connectivity index is 2.10. The van der Waals surface area contributed by atoms with Crippen LogP contribution >= 0.6 is 11.6 Å². The van der Waals surface area contributed by atoms with Gasteiger partial charge in [-0.25, -0.2) is 0 Å². The Morgan fingerprint density at radius 1 is 1.47 bits per heavy atom. The number of likely N-dealkylation sites (N-methyl/N-ethyl adjacent to an activating group) is 1. The molecule has 0 aromatic heterocycles. The molecule has 19 heavy (non-hydrogen) atoms. The van der Waals surface area contributed by atoms with Crippen molar-refractivity contribution in [1.82, 2.24) is 9.80 Å². The summed E-state index contributed by atoms with van der Waals surface area (Å²) in [6.07, 6.45) is 0. The van der Waals surface area contributed by atoms with Crippen molar-refractivity contribution in [3.05, 3.63) is 34.3 Å². The number of benzene rings is 1. The predicted molar refractivity (Wildman–Crippen MR) is 76.9 cm³/mol. The molecule has 0 spiro atoms. The van der Waals surface area contributed by atoms with Crippen LogP contribution in [0.5, 0.6) is 0 Å². The molecule has 1 saturated heterocycles. The molecule has 0 radical (unpaired) electrons. The lowest BCUT2D eigenvalue weighted by atomic mass is 10.1. The van der Waals surface area contributed by atoms with Gasteiger partial charge < -0.3 is 10.6 Å². The first kappa shape index (κ1) is 14.3. The number of nitrogens with zero attached hydrogens (tertiary/aromatic N) is 3. The van der Waals surface area contributed by atoms with Crippen LogP contribution in [0.3, 0.4) is 0 Å². The zero-order chi connectivity index (χ0) is 13.8. The molecule has 1 atom stereocenters. The number of hydrogen-bond acceptors (Lipinski definition) is 4. The summed E-state index contributed by atoms with van der Waals surface area (Å²) in [5.74, 6) is 0.